The minimum atomic E-state index is 0.219. The van der Waals surface area contributed by atoms with E-state index >= 15 is 0 Å². The predicted octanol–water partition coefficient (Wildman–Crippen LogP) is 4.34. The Hall–Kier alpha value is -1.80. The molecule has 0 bridgehead atoms. The summed E-state index contributed by atoms with van der Waals surface area (Å²) in [5.74, 6) is 0.947. The number of nitrogens with one attached hydrogen (secondary N) is 1. The van der Waals surface area contributed by atoms with Gasteiger partial charge in [-0.2, -0.15) is 0 Å². The van der Waals surface area contributed by atoms with Crippen LogP contribution in [0.5, 0.6) is 5.75 Å². The molecule has 112 valence electrons. The number of hydrogen-bond acceptors (Lipinski definition) is 2. The quantitative estimate of drug-likeness (QED) is 0.851. The van der Waals surface area contributed by atoms with Crippen LogP contribution in [0.15, 0.2) is 42.5 Å². The molecule has 21 heavy (non-hydrogen) atoms. The molecule has 0 aromatic heterocycles. The molecule has 0 aliphatic heterocycles. The molecule has 2 nitrogen and oxygen atoms in total. The van der Waals surface area contributed by atoms with Crippen molar-refractivity contribution in [3.05, 3.63) is 64.7 Å². The van der Waals surface area contributed by atoms with E-state index in [1.807, 2.05) is 0 Å². The molecular weight excluding hydrogens is 258 g/mol. The first-order valence-corrected chi connectivity index (χ1v) is 7.59. The SMILES string of the molecule is CCNC(COc1cc(C)cc(C)c1)c1ccc(C)cc1. The zero-order valence-corrected chi connectivity index (χ0v) is 13.4. The summed E-state index contributed by atoms with van der Waals surface area (Å²) in [5.41, 5.74) is 5.02. The minimum absolute atomic E-state index is 0.219. The van der Waals surface area contributed by atoms with Crippen molar-refractivity contribution in [1.82, 2.24) is 5.32 Å². The summed E-state index contributed by atoms with van der Waals surface area (Å²) >= 11 is 0. The number of likely N-dealkylation sites (N-methyl/N-ethyl adjacent to an activating group) is 1. The van der Waals surface area contributed by atoms with Crippen LogP contribution in [0.1, 0.15) is 35.2 Å². The maximum absolute atomic E-state index is 6.00. The number of aryl methyl sites for hydroxylation is 3. The van der Waals surface area contributed by atoms with Crippen molar-refractivity contribution in [2.24, 2.45) is 0 Å². The molecule has 0 amide bonds. The molecule has 0 fully saturated rings. The van der Waals surface area contributed by atoms with Crippen molar-refractivity contribution in [2.45, 2.75) is 33.7 Å². The molecule has 0 aliphatic rings. The predicted molar refractivity (Wildman–Crippen MR) is 89.0 cm³/mol. The lowest BCUT2D eigenvalue weighted by molar-refractivity contribution is 0.268. The first-order chi connectivity index (χ1) is 10.1. The topological polar surface area (TPSA) is 21.3 Å². The van der Waals surface area contributed by atoms with Gasteiger partial charge in [-0.05, 0) is 56.1 Å². The van der Waals surface area contributed by atoms with Gasteiger partial charge in [0.25, 0.3) is 0 Å². The zero-order chi connectivity index (χ0) is 15.2. The molecular formula is C19H25NO. The van der Waals surface area contributed by atoms with Gasteiger partial charge in [-0.15, -0.1) is 0 Å². The van der Waals surface area contributed by atoms with Crippen molar-refractivity contribution in [2.75, 3.05) is 13.2 Å². The van der Waals surface area contributed by atoms with Crippen molar-refractivity contribution >= 4 is 0 Å². The van der Waals surface area contributed by atoms with Crippen LogP contribution in [0.4, 0.5) is 0 Å². The fourth-order valence-electron chi connectivity index (χ4n) is 2.51. The Bertz CT molecular complexity index is 554. The van der Waals surface area contributed by atoms with Gasteiger partial charge in [0.2, 0.25) is 0 Å². The van der Waals surface area contributed by atoms with Crippen LogP contribution in [-0.2, 0) is 0 Å². The average Bonchev–Trinajstić information content (AvgIpc) is 2.43. The van der Waals surface area contributed by atoms with Crippen molar-refractivity contribution in [3.63, 3.8) is 0 Å². The van der Waals surface area contributed by atoms with Gasteiger partial charge in [-0.1, -0.05) is 42.8 Å². The van der Waals surface area contributed by atoms with Crippen LogP contribution in [0, 0.1) is 20.8 Å². The second-order valence-corrected chi connectivity index (χ2v) is 5.66. The minimum Gasteiger partial charge on any atom is -0.492 e. The van der Waals surface area contributed by atoms with Crippen molar-refractivity contribution in [1.29, 1.82) is 0 Å². The molecule has 0 heterocycles. The molecule has 0 radical (unpaired) electrons. The molecule has 1 atom stereocenters. The van der Waals surface area contributed by atoms with Crippen LogP contribution >= 0.6 is 0 Å². The molecule has 2 rings (SSSR count). The van der Waals surface area contributed by atoms with Crippen LogP contribution in [0.3, 0.4) is 0 Å². The Kier molecular flexibility index (Phi) is 5.40. The zero-order valence-electron chi connectivity index (χ0n) is 13.4. The van der Waals surface area contributed by atoms with Gasteiger partial charge in [0, 0.05) is 0 Å². The van der Waals surface area contributed by atoms with Crippen LogP contribution in [0.2, 0.25) is 0 Å². The first-order valence-electron chi connectivity index (χ1n) is 7.59. The highest BCUT2D eigenvalue weighted by atomic mass is 16.5. The summed E-state index contributed by atoms with van der Waals surface area (Å²) in [6.45, 7) is 9.99. The Labute approximate surface area is 128 Å². The Balaban J connectivity index is 2.07. The van der Waals surface area contributed by atoms with Gasteiger partial charge >= 0.3 is 0 Å². The number of ether oxygens (including phenoxy) is 1. The van der Waals surface area contributed by atoms with Crippen molar-refractivity contribution < 1.29 is 4.74 Å². The monoisotopic (exact) mass is 283 g/mol. The average molecular weight is 283 g/mol. The van der Waals surface area contributed by atoms with Gasteiger partial charge in [-0.25, -0.2) is 0 Å². The smallest absolute Gasteiger partial charge is 0.119 e. The third-order valence-corrected chi connectivity index (χ3v) is 3.54. The molecule has 0 aliphatic carbocycles. The second-order valence-electron chi connectivity index (χ2n) is 5.66. The fraction of sp³-hybridized carbons (Fsp3) is 0.368. The maximum Gasteiger partial charge on any atom is 0.119 e. The van der Waals surface area contributed by atoms with Crippen molar-refractivity contribution in [3.8, 4) is 5.75 Å². The van der Waals surface area contributed by atoms with E-state index in [0.717, 1.165) is 12.3 Å². The molecule has 2 aromatic carbocycles. The van der Waals surface area contributed by atoms with E-state index in [1.54, 1.807) is 0 Å². The summed E-state index contributed by atoms with van der Waals surface area (Å²) in [5, 5.41) is 3.49. The highest BCUT2D eigenvalue weighted by molar-refractivity contribution is 5.33. The second kappa shape index (κ2) is 7.28. The lowest BCUT2D eigenvalue weighted by Gasteiger charge is -2.19. The van der Waals surface area contributed by atoms with Gasteiger partial charge in [0.05, 0.1) is 6.04 Å². The molecule has 1 unspecified atom stereocenters. The molecule has 0 saturated carbocycles. The van der Waals surface area contributed by atoms with E-state index in [9.17, 15) is 0 Å². The first kappa shape index (κ1) is 15.6. The number of hydrogen-bond donors (Lipinski definition) is 1. The molecule has 2 aromatic rings. The van der Waals surface area contributed by atoms with E-state index in [4.69, 9.17) is 4.74 Å². The van der Waals surface area contributed by atoms with E-state index in [0.29, 0.717) is 6.61 Å². The molecule has 0 spiro atoms. The summed E-state index contributed by atoms with van der Waals surface area (Å²) in [7, 11) is 0. The van der Waals surface area contributed by atoms with E-state index in [-0.39, 0.29) is 6.04 Å². The number of benzene rings is 2. The summed E-state index contributed by atoms with van der Waals surface area (Å²) < 4.78 is 6.00. The summed E-state index contributed by atoms with van der Waals surface area (Å²) in [6.07, 6.45) is 0. The fourth-order valence-corrected chi connectivity index (χ4v) is 2.51. The largest absolute Gasteiger partial charge is 0.492 e. The molecule has 2 heteroatoms. The highest BCUT2D eigenvalue weighted by Crippen LogP contribution is 2.19. The standard InChI is InChI=1S/C19H25NO/c1-5-20-19(17-8-6-14(2)7-9-17)13-21-18-11-15(3)10-16(4)12-18/h6-12,19-20H,5,13H2,1-4H3. The van der Waals surface area contributed by atoms with E-state index in [2.05, 4.69) is 75.5 Å². The Morgan fingerprint density at radius 2 is 1.52 bits per heavy atom. The van der Waals surface area contributed by atoms with Gasteiger partial charge in [0.15, 0.2) is 0 Å². The lowest BCUT2D eigenvalue weighted by atomic mass is 10.1. The highest BCUT2D eigenvalue weighted by Gasteiger charge is 2.11. The summed E-state index contributed by atoms with van der Waals surface area (Å²) in [6, 6.07) is 15.2. The van der Waals surface area contributed by atoms with Gasteiger partial charge < -0.3 is 10.1 Å². The molecule has 1 N–H and O–H groups in total. The Morgan fingerprint density at radius 3 is 2.10 bits per heavy atom. The van der Waals surface area contributed by atoms with E-state index < -0.39 is 0 Å². The maximum atomic E-state index is 6.00. The Morgan fingerprint density at radius 1 is 0.905 bits per heavy atom. The lowest BCUT2D eigenvalue weighted by Crippen LogP contribution is -2.26. The summed E-state index contributed by atoms with van der Waals surface area (Å²) in [4.78, 5) is 0. The third-order valence-electron chi connectivity index (χ3n) is 3.54. The normalized spacial score (nSPS) is 12.2. The number of rotatable bonds is 6. The van der Waals surface area contributed by atoms with Crippen LogP contribution in [0.25, 0.3) is 0 Å². The van der Waals surface area contributed by atoms with Crippen LogP contribution < -0.4 is 10.1 Å². The van der Waals surface area contributed by atoms with E-state index in [1.165, 1.54) is 22.3 Å². The third kappa shape index (κ3) is 4.61. The molecule has 0 saturated heterocycles. The van der Waals surface area contributed by atoms with Gasteiger partial charge in [0.1, 0.15) is 12.4 Å². The van der Waals surface area contributed by atoms with Crippen LogP contribution in [-0.4, -0.2) is 13.2 Å². The van der Waals surface area contributed by atoms with Gasteiger partial charge in [-0.3, -0.25) is 0 Å².